The van der Waals surface area contributed by atoms with Crippen molar-refractivity contribution in [1.29, 1.82) is 0 Å². The number of rotatable bonds is 3. The molecule has 0 atom stereocenters. The fourth-order valence-corrected chi connectivity index (χ4v) is 3.50. The summed E-state index contributed by atoms with van der Waals surface area (Å²) in [6.45, 7) is 6.82. The number of ether oxygens (including phenoxy) is 2. The van der Waals surface area contributed by atoms with E-state index in [2.05, 4.69) is 25.3 Å². The van der Waals surface area contributed by atoms with Gasteiger partial charge in [-0.2, -0.15) is 4.98 Å². The second kappa shape index (κ2) is 8.16. The second-order valence-corrected chi connectivity index (χ2v) is 8.41. The number of nitrogens with one attached hydrogen (secondary N) is 1. The lowest BCUT2D eigenvalue weighted by Gasteiger charge is -2.23. The monoisotopic (exact) mass is 430 g/mol. The molecule has 0 aromatic carbocycles. The van der Waals surface area contributed by atoms with Crippen LogP contribution in [0.4, 0.5) is 10.6 Å². The van der Waals surface area contributed by atoms with Gasteiger partial charge >= 0.3 is 6.09 Å². The van der Waals surface area contributed by atoms with Crippen LogP contribution in [0.15, 0.2) is 24.7 Å². The summed E-state index contributed by atoms with van der Waals surface area (Å²) in [5.41, 5.74) is 2.06. The molecule has 0 radical (unpaired) electrons. The third kappa shape index (κ3) is 4.52. The van der Waals surface area contributed by atoms with Crippen molar-refractivity contribution in [2.24, 2.45) is 0 Å². The normalized spacial score (nSPS) is 15.3. The number of amides is 1. The lowest BCUT2D eigenvalue weighted by molar-refractivity contribution is 0.0635. The molecule has 158 valence electrons. The Labute approximate surface area is 178 Å². The minimum Gasteiger partial charge on any atom is -0.444 e. The predicted molar refractivity (Wildman–Crippen MR) is 113 cm³/mol. The fourth-order valence-electron chi connectivity index (χ4n) is 3.34. The van der Waals surface area contributed by atoms with Gasteiger partial charge in [-0.25, -0.2) is 19.7 Å². The van der Waals surface area contributed by atoms with E-state index in [9.17, 15) is 4.79 Å². The van der Waals surface area contributed by atoms with Crippen molar-refractivity contribution in [1.82, 2.24) is 24.5 Å². The molecule has 0 saturated carbocycles. The molecule has 1 aliphatic rings. The highest BCUT2D eigenvalue weighted by atomic mass is 35.5. The lowest BCUT2D eigenvalue weighted by atomic mass is 10.1. The van der Waals surface area contributed by atoms with Gasteiger partial charge in [0, 0.05) is 31.0 Å². The molecule has 0 unspecified atom stereocenters. The van der Waals surface area contributed by atoms with E-state index in [0.717, 1.165) is 18.4 Å². The number of aromatic nitrogens is 5. The number of nitrogens with zero attached hydrogens (tertiary/aromatic N) is 5. The molecule has 1 fully saturated rings. The molecule has 3 aromatic heterocycles. The van der Waals surface area contributed by atoms with E-state index in [1.54, 1.807) is 45.4 Å². The molecule has 1 N–H and O–H groups in total. The molecule has 30 heavy (non-hydrogen) atoms. The summed E-state index contributed by atoms with van der Waals surface area (Å²) in [4.78, 5) is 29.5. The van der Waals surface area contributed by atoms with Gasteiger partial charge in [-0.15, -0.1) is 0 Å². The number of anilines is 1. The highest BCUT2D eigenvalue weighted by Gasteiger charge is 2.22. The molecule has 1 saturated heterocycles. The Morgan fingerprint density at radius 1 is 1.23 bits per heavy atom. The minimum absolute atomic E-state index is 0.141. The Hall–Kier alpha value is -2.78. The van der Waals surface area contributed by atoms with Crippen LogP contribution in [0, 0.1) is 0 Å². The Kier molecular flexibility index (Phi) is 5.57. The molecule has 4 rings (SSSR count). The molecule has 0 spiro atoms. The number of halogens is 1. The van der Waals surface area contributed by atoms with Gasteiger partial charge in [0.15, 0.2) is 5.65 Å². The zero-order valence-corrected chi connectivity index (χ0v) is 17.8. The number of hydrogen-bond donors (Lipinski definition) is 1. The maximum absolute atomic E-state index is 11.9. The van der Waals surface area contributed by atoms with Gasteiger partial charge in [0.1, 0.15) is 22.6 Å². The van der Waals surface area contributed by atoms with Gasteiger partial charge in [-0.05, 0) is 57.3 Å². The van der Waals surface area contributed by atoms with Crippen LogP contribution in [0.25, 0.3) is 22.4 Å². The summed E-state index contributed by atoms with van der Waals surface area (Å²) < 4.78 is 12.7. The van der Waals surface area contributed by atoms with E-state index >= 15 is 0 Å². The molecule has 9 nitrogen and oxygen atoms in total. The Bertz CT molecular complexity index is 1050. The second-order valence-electron chi connectivity index (χ2n) is 8.07. The summed E-state index contributed by atoms with van der Waals surface area (Å²) in [6.07, 6.45) is 4.62. The van der Waals surface area contributed by atoms with Crippen LogP contribution in [0.3, 0.4) is 0 Å². The first-order chi connectivity index (χ1) is 14.3. The first kappa shape index (κ1) is 20.5. The van der Waals surface area contributed by atoms with E-state index in [1.165, 1.54) is 0 Å². The predicted octanol–water partition coefficient (Wildman–Crippen LogP) is 4.24. The summed E-state index contributed by atoms with van der Waals surface area (Å²) >= 11 is 6.22. The van der Waals surface area contributed by atoms with Crippen molar-refractivity contribution < 1.29 is 14.3 Å². The third-order valence-electron chi connectivity index (χ3n) is 4.64. The molecule has 1 amide bonds. The molecule has 1 aliphatic heterocycles. The van der Waals surface area contributed by atoms with Gasteiger partial charge < -0.3 is 14.0 Å². The van der Waals surface area contributed by atoms with E-state index in [0.29, 0.717) is 35.9 Å². The summed E-state index contributed by atoms with van der Waals surface area (Å²) in [5.74, 6) is 0.372. The molecule has 4 heterocycles. The Morgan fingerprint density at radius 2 is 2.00 bits per heavy atom. The molecular formula is C20H23ClN6O3. The highest BCUT2D eigenvalue weighted by molar-refractivity contribution is 6.28. The highest BCUT2D eigenvalue weighted by Crippen LogP contribution is 2.30. The smallest absolute Gasteiger partial charge is 0.413 e. The topological polar surface area (TPSA) is 104 Å². The first-order valence-electron chi connectivity index (χ1n) is 9.74. The zero-order chi connectivity index (χ0) is 21.3. The van der Waals surface area contributed by atoms with Gasteiger partial charge in [0.05, 0.1) is 6.33 Å². The minimum atomic E-state index is -0.587. The van der Waals surface area contributed by atoms with E-state index < -0.39 is 11.7 Å². The number of carbonyl (C=O) groups is 1. The van der Waals surface area contributed by atoms with Crippen molar-refractivity contribution in [3.63, 3.8) is 0 Å². The third-order valence-corrected chi connectivity index (χ3v) is 4.81. The standard InChI is InChI=1S/C20H23ClN6O3/c1-20(2,3)30-19(28)24-14-5-4-12(10-22-14)15-16-17(26-18(21)25-15)27(11-23-16)13-6-8-29-9-7-13/h4-5,10-11,13H,6-9H2,1-3H3,(H,22,24,28). The van der Waals surface area contributed by atoms with Crippen LogP contribution in [0.2, 0.25) is 5.28 Å². The molecule has 0 bridgehead atoms. The Morgan fingerprint density at radius 3 is 2.67 bits per heavy atom. The van der Waals surface area contributed by atoms with Crippen LogP contribution < -0.4 is 5.32 Å². The van der Waals surface area contributed by atoms with E-state index in [-0.39, 0.29) is 11.3 Å². The van der Waals surface area contributed by atoms with Crippen molar-refractivity contribution in [2.75, 3.05) is 18.5 Å². The van der Waals surface area contributed by atoms with Crippen LogP contribution in [0.5, 0.6) is 0 Å². The van der Waals surface area contributed by atoms with E-state index in [4.69, 9.17) is 21.1 Å². The summed E-state index contributed by atoms with van der Waals surface area (Å²) in [5, 5.41) is 2.75. The lowest BCUT2D eigenvalue weighted by Crippen LogP contribution is -2.27. The largest absolute Gasteiger partial charge is 0.444 e. The molecular weight excluding hydrogens is 408 g/mol. The zero-order valence-electron chi connectivity index (χ0n) is 17.1. The first-order valence-corrected chi connectivity index (χ1v) is 10.1. The molecule has 3 aromatic rings. The number of hydrogen-bond acceptors (Lipinski definition) is 7. The SMILES string of the molecule is CC(C)(C)OC(=O)Nc1ccc(-c2nc(Cl)nc3c2ncn3C2CCOCC2)cn1. The number of pyridine rings is 1. The van der Waals surface area contributed by atoms with Gasteiger partial charge in [-0.3, -0.25) is 5.32 Å². The van der Waals surface area contributed by atoms with Crippen LogP contribution >= 0.6 is 11.6 Å². The van der Waals surface area contributed by atoms with Gasteiger partial charge in [-0.1, -0.05) is 0 Å². The number of fused-ring (bicyclic) bond motifs is 1. The maximum Gasteiger partial charge on any atom is 0.413 e. The number of carbonyl (C=O) groups excluding carboxylic acids is 1. The summed E-state index contributed by atoms with van der Waals surface area (Å²) in [7, 11) is 0. The molecule has 0 aliphatic carbocycles. The van der Waals surface area contributed by atoms with E-state index in [1.807, 2.05) is 4.57 Å². The summed E-state index contributed by atoms with van der Waals surface area (Å²) in [6, 6.07) is 3.74. The van der Waals surface area contributed by atoms with Crippen LogP contribution in [0.1, 0.15) is 39.7 Å². The van der Waals surface area contributed by atoms with Crippen molar-refractivity contribution in [3.8, 4) is 11.3 Å². The van der Waals surface area contributed by atoms with Gasteiger partial charge in [0.2, 0.25) is 5.28 Å². The van der Waals surface area contributed by atoms with Crippen molar-refractivity contribution in [3.05, 3.63) is 29.9 Å². The quantitative estimate of drug-likeness (QED) is 0.619. The van der Waals surface area contributed by atoms with Crippen molar-refractivity contribution in [2.45, 2.75) is 45.3 Å². The van der Waals surface area contributed by atoms with Crippen LogP contribution in [-0.4, -0.2) is 49.4 Å². The average Bonchev–Trinajstić information content (AvgIpc) is 3.11. The number of imidazole rings is 1. The Balaban J connectivity index is 1.61. The van der Waals surface area contributed by atoms with Crippen LogP contribution in [-0.2, 0) is 9.47 Å². The molecule has 10 heteroatoms. The average molecular weight is 431 g/mol. The fraction of sp³-hybridized carbons (Fsp3) is 0.450. The van der Waals surface area contributed by atoms with Gasteiger partial charge in [0.25, 0.3) is 0 Å². The van der Waals surface area contributed by atoms with Crippen molar-refractivity contribution >= 4 is 34.7 Å². The maximum atomic E-state index is 11.9.